The van der Waals surface area contributed by atoms with E-state index in [2.05, 4.69) is 0 Å². The van der Waals surface area contributed by atoms with Crippen LogP contribution in [0.4, 0.5) is 20.2 Å². The van der Waals surface area contributed by atoms with E-state index < -0.39 is 5.92 Å². The molecule has 1 fully saturated rings. The van der Waals surface area contributed by atoms with Crippen molar-refractivity contribution in [3.05, 3.63) is 23.8 Å². The second-order valence-corrected chi connectivity index (χ2v) is 4.44. The van der Waals surface area contributed by atoms with Gasteiger partial charge in [-0.3, -0.25) is 0 Å². The monoisotopic (exact) mass is 226 g/mol. The molecular formula is C12H16F2N2. The van der Waals surface area contributed by atoms with Crippen molar-refractivity contribution >= 4 is 11.4 Å². The number of anilines is 2. The number of nitrogens with two attached hydrogens (primary N) is 1. The number of hydrogen-bond acceptors (Lipinski definition) is 2. The fourth-order valence-electron chi connectivity index (χ4n) is 2.07. The van der Waals surface area contributed by atoms with E-state index in [1.54, 1.807) is 0 Å². The summed E-state index contributed by atoms with van der Waals surface area (Å²) >= 11 is 0. The van der Waals surface area contributed by atoms with E-state index in [1.807, 2.05) is 30.0 Å². The van der Waals surface area contributed by atoms with Crippen molar-refractivity contribution < 1.29 is 8.78 Å². The van der Waals surface area contributed by atoms with E-state index in [0.29, 0.717) is 18.8 Å². The topological polar surface area (TPSA) is 29.3 Å². The van der Waals surface area contributed by atoms with Crippen molar-refractivity contribution in [2.45, 2.75) is 25.7 Å². The van der Waals surface area contributed by atoms with Gasteiger partial charge in [0.1, 0.15) is 0 Å². The van der Waals surface area contributed by atoms with Crippen molar-refractivity contribution in [2.24, 2.45) is 0 Å². The summed E-state index contributed by atoms with van der Waals surface area (Å²) in [6, 6.07) is 5.71. The van der Waals surface area contributed by atoms with E-state index in [-0.39, 0.29) is 12.8 Å². The molecule has 1 aromatic carbocycles. The molecule has 1 heterocycles. The zero-order valence-corrected chi connectivity index (χ0v) is 9.34. The highest BCUT2D eigenvalue weighted by molar-refractivity contribution is 5.58. The van der Waals surface area contributed by atoms with Gasteiger partial charge in [-0.2, -0.15) is 0 Å². The highest BCUT2D eigenvalue weighted by Crippen LogP contribution is 2.31. The molecule has 0 radical (unpaired) electrons. The van der Waals surface area contributed by atoms with Gasteiger partial charge in [0.15, 0.2) is 0 Å². The van der Waals surface area contributed by atoms with Crippen molar-refractivity contribution in [1.29, 1.82) is 0 Å². The lowest BCUT2D eigenvalue weighted by Crippen LogP contribution is -2.39. The minimum atomic E-state index is -2.49. The Morgan fingerprint density at radius 2 is 1.81 bits per heavy atom. The van der Waals surface area contributed by atoms with Crippen LogP contribution in [-0.2, 0) is 0 Å². The molecule has 0 saturated carbocycles. The van der Waals surface area contributed by atoms with Crippen LogP contribution in [0, 0.1) is 6.92 Å². The summed E-state index contributed by atoms with van der Waals surface area (Å²) in [7, 11) is 0. The molecule has 16 heavy (non-hydrogen) atoms. The predicted molar refractivity (Wildman–Crippen MR) is 62.0 cm³/mol. The zero-order chi connectivity index (χ0) is 11.8. The largest absolute Gasteiger partial charge is 0.399 e. The third-order valence-electron chi connectivity index (χ3n) is 2.94. The molecule has 0 spiro atoms. The quantitative estimate of drug-likeness (QED) is 0.746. The lowest BCUT2D eigenvalue weighted by atomic mass is 10.1. The molecule has 0 aliphatic carbocycles. The van der Waals surface area contributed by atoms with Crippen LogP contribution in [0.15, 0.2) is 18.2 Å². The molecule has 2 N–H and O–H groups in total. The van der Waals surface area contributed by atoms with E-state index in [9.17, 15) is 8.78 Å². The lowest BCUT2D eigenvalue weighted by molar-refractivity contribution is -0.0220. The molecule has 0 aromatic heterocycles. The maximum atomic E-state index is 13.0. The number of nitrogen functional groups attached to an aromatic ring is 1. The van der Waals surface area contributed by atoms with Gasteiger partial charge in [-0.25, -0.2) is 8.78 Å². The molecule has 1 saturated heterocycles. The second-order valence-electron chi connectivity index (χ2n) is 4.44. The Morgan fingerprint density at radius 1 is 1.19 bits per heavy atom. The third kappa shape index (κ3) is 2.43. The number of rotatable bonds is 1. The minimum Gasteiger partial charge on any atom is -0.399 e. The summed E-state index contributed by atoms with van der Waals surface area (Å²) < 4.78 is 26.0. The SMILES string of the molecule is Cc1cc(N)cc(N2CCC(F)(F)CC2)c1. The van der Waals surface area contributed by atoms with Gasteiger partial charge >= 0.3 is 0 Å². The van der Waals surface area contributed by atoms with Crippen LogP contribution in [0.25, 0.3) is 0 Å². The Morgan fingerprint density at radius 3 is 2.38 bits per heavy atom. The average molecular weight is 226 g/mol. The van der Waals surface area contributed by atoms with Gasteiger partial charge in [0.25, 0.3) is 5.92 Å². The maximum absolute atomic E-state index is 13.0. The first-order chi connectivity index (χ1) is 7.46. The van der Waals surface area contributed by atoms with Crippen LogP contribution in [-0.4, -0.2) is 19.0 Å². The van der Waals surface area contributed by atoms with Gasteiger partial charge in [-0.05, 0) is 30.7 Å². The molecule has 0 unspecified atom stereocenters. The van der Waals surface area contributed by atoms with Crippen LogP contribution in [0.1, 0.15) is 18.4 Å². The molecule has 1 aromatic rings. The zero-order valence-electron chi connectivity index (χ0n) is 9.34. The Kier molecular flexibility index (Phi) is 2.74. The fraction of sp³-hybridized carbons (Fsp3) is 0.500. The van der Waals surface area contributed by atoms with Gasteiger partial charge in [0.2, 0.25) is 0 Å². The molecule has 0 amide bonds. The summed E-state index contributed by atoms with van der Waals surface area (Å²) in [5.74, 6) is -2.49. The van der Waals surface area contributed by atoms with E-state index in [4.69, 9.17) is 5.73 Å². The summed E-state index contributed by atoms with van der Waals surface area (Å²) in [5, 5.41) is 0. The normalized spacial score (nSPS) is 19.8. The number of aryl methyl sites for hydroxylation is 1. The Hall–Kier alpha value is -1.32. The molecule has 88 valence electrons. The second kappa shape index (κ2) is 3.92. The van der Waals surface area contributed by atoms with Crippen LogP contribution in [0.5, 0.6) is 0 Å². The van der Waals surface area contributed by atoms with Crippen molar-refractivity contribution in [3.8, 4) is 0 Å². The highest BCUT2D eigenvalue weighted by Gasteiger charge is 2.34. The van der Waals surface area contributed by atoms with Crippen molar-refractivity contribution in [3.63, 3.8) is 0 Å². The first-order valence-electron chi connectivity index (χ1n) is 5.46. The summed E-state index contributed by atoms with van der Waals surface area (Å²) in [6.45, 7) is 2.75. The van der Waals surface area contributed by atoms with Crippen LogP contribution < -0.4 is 10.6 Å². The Bertz CT molecular complexity index is 360. The predicted octanol–water partition coefficient (Wildman–Crippen LogP) is 2.81. The molecule has 1 aliphatic heterocycles. The summed E-state index contributed by atoms with van der Waals surface area (Å²) in [6.07, 6.45) is -0.137. The van der Waals surface area contributed by atoms with Crippen LogP contribution in [0.2, 0.25) is 0 Å². The number of nitrogens with zero attached hydrogens (tertiary/aromatic N) is 1. The minimum absolute atomic E-state index is 0.0686. The van der Waals surface area contributed by atoms with Gasteiger partial charge in [-0.1, -0.05) is 0 Å². The number of piperidine rings is 1. The van der Waals surface area contributed by atoms with Crippen LogP contribution >= 0.6 is 0 Å². The van der Waals surface area contributed by atoms with Crippen molar-refractivity contribution in [2.75, 3.05) is 23.7 Å². The summed E-state index contributed by atoms with van der Waals surface area (Å²) in [4.78, 5) is 1.97. The molecule has 2 rings (SSSR count). The molecule has 0 bridgehead atoms. The highest BCUT2D eigenvalue weighted by atomic mass is 19.3. The first-order valence-corrected chi connectivity index (χ1v) is 5.46. The van der Waals surface area contributed by atoms with E-state index in [0.717, 1.165) is 11.3 Å². The first kappa shape index (κ1) is 11.2. The Labute approximate surface area is 94.0 Å². The lowest BCUT2D eigenvalue weighted by Gasteiger charge is -2.33. The third-order valence-corrected chi connectivity index (χ3v) is 2.94. The fourth-order valence-corrected chi connectivity index (χ4v) is 2.07. The standard InChI is InChI=1S/C12H16F2N2/c1-9-6-10(15)8-11(7-9)16-4-2-12(13,14)3-5-16/h6-8H,2-5,15H2,1H3. The number of benzene rings is 1. The smallest absolute Gasteiger partial charge is 0.251 e. The molecule has 0 atom stereocenters. The molecule has 2 nitrogen and oxygen atoms in total. The van der Waals surface area contributed by atoms with Gasteiger partial charge in [-0.15, -0.1) is 0 Å². The van der Waals surface area contributed by atoms with Gasteiger partial charge in [0, 0.05) is 37.3 Å². The summed E-state index contributed by atoms with van der Waals surface area (Å²) in [5.41, 5.74) is 8.45. The van der Waals surface area contributed by atoms with E-state index in [1.165, 1.54) is 0 Å². The average Bonchev–Trinajstić information content (AvgIpc) is 2.15. The number of hydrogen-bond donors (Lipinski definition) is 1. The number of alkyl halides is 2. The molecule has 1 aliphatic rings. The maximum Gasteiger partial charge on any atom is 0.251 e. The van der Waals surface area contributed by atoms with Crippen molar-refractivity contribution in [1.82, 2.24) is 0 Å². The molecular weight excluding hydrogens is 210 g/mol. The number of halogens is 2. The Balaban J connectivity index is 2.14. The van der Waals surface area contributed by atoms with E-state index >= 15 is 0 Å². The molecule has 4 heteroatoms. The van der Waals surface area contributed by atoms with Crippen LogP contribution in [0.3, 0.4) is 0 Å². The van der Waals surface area contributed by atoms with Gasteiger partial charge < -0.3 is 10.6 Å². The van der Waals surface area contributed by atoms with Gasteiger partial charge in [0.05, 0.1) is 0 Å².